The van der Waals surface area contributed by atoms with Crippen molar-refractivity contribution in [2.45, 2.75) is 32.4 Å². The standard InChI is InChI=1S/C15H23NO3/c1-10(2)16-9-15-12-8-14(18-4)13(17-3)7-11(12)5-6-19-15/h7-8,10,15-16H,5-6,9H2,1-4H3. The van der Waals surface area contributed by atoms with Crippen molar-refractivity contribution in [3.05, 3.63) is 23.3 Å². The summed E-state index contributed by atoms with van der Waals surface area (Å²) in [5, 5.41) is 3.43. The number of methoxy groups -OCH3 is 2. The van der Waals surface area contributed by atoms with Crippen LogP contribution in [0.2, 0.25) is 0 Å². The first-order valence-corrected chi connectivity index (χ1v) is 6.75. The van der Waals surface area contributed by atoms with Gasteiger partial charge in [0.2, 0.25) is 0 Å². The summed E-state index contributed by atoms with van der Waals surface area (Å²) in [7, 11) is 3.33. The fraction of sp³-hybridized carbons (Fsp3) is 0.600. The molecule has 1 N–H and O–H groups in total. The molecular weight excluding hydrogens is 242 g/mol. The van der Waals surface area contributed by atoms with Crippen LogP contribution in [0.15, 0.2) is 12.1 Å². The minimum atomic E-state index is 0.0888. The molecule has 106 valence electrons. The van der Waals surface area contributed by atoms with E-state index in [9.17, 15) is 0 Å². The van der Waals surface area contributed by atoms with Gasteiger partial charge in [0, 0.05) is 12.6 Å². The second-order valence-electron chi connectivity index (χ2n) is 5.08. The molecule has 0 aromatic heterocycles. The van der Waals surface area contributed by atoms with Crippen molar-refractivity contribution in [2.75, 3.05) is 27.4 Å². The van der Waals surface area contributed by atoms with Gasteiger partial charge in [0.1, 0.15) is 0 Å². The Hall–Kier alpha value is -1.26. The van der Waals surface area contributed by atoms with Crippen LogP contribution >= 0.6 is 0 Å². The van der Waals surface area contributed by atoms with E-state index in [1.54, 1.807) is 14.2 Å². The molecule has 4 nitrogen and oxygen atoms in total. The van der Waals surface area contributed by atoms with Crippen molar-refractivity contribution in [3.8, 4) is 11.5 Å². The molecule has 2 rings (SSSR count). The predicted octanol–water partition coefficient (Wildman–Crippen LogP) is 2.32. The van der Waals surface area contributed by atoms with E-state index >= 15 is 0 Å². The highest BCUT2D eigenvalue weighted by Gasteiger charge is 2.23. The maximum atomic E-state index is 5.87. The fourth-order valence-corrected chi connectivity index (χ4v) is 2.37. The average molecular weight is 265 g/mol. The minimum Gasteiger partial charge on any atom is -0.493 e. The van der Waals surface area contributed by atoms with Gasteiger partial charge in [-0.25, -0.2) is 0 Å². The van der Waals surface area contributed by atoms with E-state index in [0.29, 0.717) is 6.04 Å². The molecule has 0 amide bonds. The first kappa shape index (κ1) is 14.2. The molecule has 0 spiro atoms. The van der Waals surface area contributed by atoms with Gasteiger partial charge in [-0.1, -0.05) is 13.8 Å². The zero-order chi connectivity index (χ0) is 13.8. The maximum Gasteiger partial charge on any atom is 0.161 e. The lowest BCUT2D eigenvalue weighted by atomic mass is 9.96. The molecule has 1 aromatic rings. The zero-order valence-corrected chi connectivity index (χ0v) is 12.2. The van der Waals surface area contributed by atoms with E-state index in [1.807, 2.05) is 6.07 Å². The summed E-state index contributed by atoms with van der Waals surface area (Å²) in [5.74, 6) is 1.56. The summed E-state index contributed by atoms with van der Waals surface area (Å²) in [6, 6.07) is 4.56. The van der Waals surface area contributed by atoms with Crippen molar-refractivity contribution >= 4 is 0 Å². The van der Waals surface area contributed by atoms with Gasteiger partial charge in [-0.15, -0.1) is 0 Å². The molecule has 19 heavy (non-hydrogen) atoms. The summed E-state index contributed by atoms with van der Waals surface area (Å²) in [5.41, 5.74) is 2.50. The van der Waals surface area contributed by atoms with E-state index in [0.717, 1.165) is 31.1 Å². The molecule has 0 aliphatic carbocycles. The number of nitrogens with one attached hydrogen (secondary N) is 1. The van der Waals surface area contributed by atoms with E-state index in [4.69, 9.17) is 14.2 Å². The summed E-state index contributed by atoms with van der Waals surface area (Å²) in [6.45, 7) is 5.85. The third-order valence-electron chi connectivity index (χ3n) is 3.39. The summed E-state index contributed by atoms with van der Waals surface area (Å²) < 4.78 is 16.6. The first-order chi connectivity index (χ1) is 9.15. The lowest BCUT2D eigenvalue weighted by Gasteiger charge is -2.28. The average Bonchev–Trinajstić information content (AvgIpc) is 2.43. The Morgan fingerprint density at radius 2 is 1.95 bits per heavy atom. The topological polar surface area (TPSA) is 39.7 Å². The number of hydrogen-bond donors (Lipinski definition) is 1. The first-order valence-electron chi connectivity index (χ1n) is 6.75. The molecular formula is C15H23NO3. The van der Waals surface area contributed by atoms with Gasteiger partial charge in [-0.3, -0.25) is 0 Å². The summed E-state index contributed by atoms with van der Waals surface area (Å²) in [4.78, 5) is 0. The second kappa shape index (κ2) is 6.26. The van der Waals surface area contributed by atoms with Crippen LogP contribution < -0.4 is 14.8 Å². The Balaban J connectivity index is 2.27. The zero-order valence-electron chi connectivity index (χ0n) is 12.2. The number of fused-ring (bicyclic) bond motifs is 1. The number of rotatable bonds is 5. The molecule has 1 aliphatic rings. The molecule has 4 heteroatoms. The largest absolute Gasteiger partial charge is 0.493 e. The molecule has 0 fully saturated rings. The van der Waals surface area contributed by atoms with Crippen molar-refractivity contribution < 1.29 is 14.2 Å². The van der Waals surface area contributed by atoms with Gasteiger partial charge in [-0.05, 0) is 29.7 Å². The lowest BCUT2D eigenvalue weighted by Crippen LogP contribution is -2.31. The van der Waals surface area contributed by atoms with Gasteiger partial charge in [0.25, 0.3) is 0 Å². The van der Waals surface area contributed by atoms with E-state index in [1.165, 1.54) is 11.1 Å². The monoisotopic (exact) mass is 265 g/mol. The fourth-order valence-electron chi connectivity index (χ4n) is 2.37. The predicted molar refractivity (Wildman–Crippen MR) is 75.1 cm³/mol. The normalized spacial score (nSPS) is 18.3. The number of ether oxygens (including phenoxy) is 3. The van der Waals surface area contributed by atoms with Crippen molar-refractivity contribution in [3.63, 3.8) is 0 Å². The van der Waals surface area contributed by atoms with Gasteiger partial charge >= 0.3 is 0 Å². The van der Waals surface area contributed by atoms with Crippen molar-refractivity contribution in [1.82, 2.24) is 5.32 Å². The van der Waals surface area contributed by atoms with Crippen LogP contribution in [0.1, 0.15) is 31.1 Å². The maximum absolute atomic E-state index is 5.87. The van der Waals surface area contributed by atoms with E-state index in [-0.39, 0.29) is 6.10 Å². The highest BCUT2D eigenvalue weighted by molar-refractivity contribution is 5.49. The number of hydrogen-bond acceptors (Lipinski definition) is 4. The summed E-state index contributed by atoms with van der Waals surface area (Å²) >= 11 is 0. The van der Waals surface area contributed by atoms with Gasteiger partial charge in [0.05, 0.1) is 26.9 Å². The Kier molecular flexibility index (Phi) is 4.66. The van der Waals surface area contributed by atoms with Gasteiger partial charge in [-0.2, -0.15) is 0 Å². The quantitative estimate of drug-likeness (QED) is 0.887. The van der Waals surface area contributed by atoms with Gasteiger partial charge < -0.3 is 19.5 Å². The molecule has 0 saturated carbocycles. The molecule has 1 aromatic carbocycles. The number of benzene rings is 1. The van der Waals surface area contributed by atoms with Gasteiger partial charge in [0.15, 0.2) is 11.5 Å². The molecule has 0 bridgehead atoms. The van der Waals surface area contributed by atoms with Crippen LogP contribution in [0, 0.1) is 0 Å². The molecule has 1 atom stereocenters. The molecule has 1 unspecified atom stereocenters. The Morgan fingerprint density at radius 3 is 2.58 bits per heavy atom. The molecule has 1 heterocycles. The lowest BCUT2D eigenvalue weighted by molar-refractivity contribution is 0.0410. The molecule has 0 radical (unpaired) electrons. The SMILES string of the molecule is COc1cc2c(cc1OC)C(CNC(C)C)OCC2. The van der Waals surface area contributed by atoms with Crippen LogP contribution in [0.25, 0.3) is 0 Å². The van der Waals surface area contributed by atoms with Crippen molar-refractivity contribution in [2.24, 2.45) is 0 Å². The van der Waals surface area contributed by atoms with Crippen LogP contribution in [0.4, 0.5) is 0 Å². The van der Waals surface area contributed by atoms with Crippen molar-refractivity contribution in [1.29, 1.82) is 0 Å². The Morgan fingerprint density at radius 1 is 1.26 bits per heavy atom. The van der Waals surface area contributed by atoms with Crippen LogP contribution in [-0.2, 0) is 11.2 Å². The van der Waals surface area contributed by atoms with E-state index < -0.39 is 0 Å². The third-order valence-corrected chi connectivity index (χ3v) is 3.39. The second-order valence-corrected chi connectivity index (χ2v) is 5.08. The van der Waals surface area contributed by atoms with Crippen LogP contribution in [0.3, 0.4) is 0 Å². The Bertz CT molecular complexity index is 432. The highest BCUT2D eigenvalue weighted by Crippen LogP contribution is 2.36. The van der Waals surface area contributed by atoms with Crippen LogP contribution in [0.5, 0.6) is 11.5 Å². The molecule has 0 saturated heterocycles. The van der Waals surface area contributed by atoms with Crippen LogP contribution in [-0.4, -0.2) is 33.4 Å². The Labute approximate surface area is 115 Å². The third kappa shape index (κ3) is 3.19. The summed E-state index contributed by atoms with van der Waals surface area (Å²) in [6.07, 6.45) is 1.01. The smallest absolute Gasteiger partial charge is 0.161 e. The van der Waals surface area contributed by atoms with E-state index in [2.05, 4.69) is 25.2 Å². The minimum absolute atomic E-state index is 0.0888. The molecule has 1 aliphatic heterocycles. The highest BCUT2D eigenvalue weighted by atomic mass is 16.5.